The van der Waals surface area contributed by atoms with Gasteiger partial charge < -0.3 is 5.32 Å². The summed E-state index contributed by atoms with van der Waals surface area (Å²) in [6, 6.07) is 6.74. The molecule has 0 bridgehead atoms. The maximum atomic E-state index is 13.4. The molecule has 100 valence electrons. The van der Waals surface area contributed by atoms with Gasteiger partial charge in [0.1, 0.15) is 5.82 Å². The molecule has 0 aliphatic carbocycles. The molecule has 1 unspecified atom stereocenters. The molecule has 1 N–H and O–H groups in total. The lowest BCUT2D eigenvalue weighted by molar-refractivity contribution is 0.576. The number of hydrogen-bond donors (Lipinski definition) is 1. The number of benzene rings is 1. The Balaban J connectivity index is 2.28. The number of nitrogens with zero attached hydrogens (tertiary/aromatic N) is 1. The highest BCUT2D eigenvalue weighted by molar-refractivity contribution is 9.10. The number of nitrogens with one attached hydrogen (secondary N) is 1. The molecule has 1 atom stereocenters. The van der Waals surface area contributed by atoms with Gasteiger partial charge in [0.2, 0.25) is 0 Å². The fourth-order valence-electron chi connectivity index (χ4n) is 1.95. The number of rotatable bonds is 4. The second kappa shape index (κ2) is 6.46. The molecule has 1 heterocycles. The van der Waals surface area contributed by atoms with Crippen LogP contribution in [0.25, 0.3) is 0 Å². The van der Waals surface area contributed by atoms with E-state index in [-0.39, 0.29) is 11.9 Å². The van der Waals surface area contributed by atoms with E-state index in [0.717, 1.165) is 15.6 Å². The molecule has 2 aromatic rings. The number of hydrogen-bond acceptors (Lipinski definition) is 2. The minimum absolute atomic E-state index is 0.00750. The largest absolute Gasteiger partial charge is 0.313 e. The number of likely N-dealkylation sites (N-methyl/N-ethyl adjacent to an activating group) is 1. The van der Waals surface area contributed by atoms with Crippen LogP contribution in [0.2, 0.25) is 5.02 Å². The van der Waals surface area contributed by atoms with Gasteiger partial charge in [-0.2, -0.15) is 0 Å². The minimum atomic E-state index is -0.259. The molecule has 0 aliphatic heterocycles. The Hall–Kier alpha value is -0.970. The molecular weight excluding hydrogens is 331 g/mol. The lowest BCUT2D eigenvalue weighted by Crippen LogP contribution is -2.19. The zero-order chi connectivity index (χ0) is 13.8. The van der Waals surface area contributed by atoms with E-state index in [9.17, 15) is 4.39 Å². The first-order chi connectivity index (χ1) is 9.10. The fraction of sp³-hybridized carbons (Fsp3) is 0.214. The molecule has 2 nitrogen and oxygen atoms in total. The van der Waals surface area contributed by atoms with E-state index < -0.39 is 0 Å². The monoisotopic (exact) mass is 342 g/mol. The fourth-order valence-corrected chi connectivity index (χ4v) is 2.63. The summed E-state index contributed by atoms with van der Waals surface area (Å²) in [5, 5.41) is 3.81. The third-order valence-electron chi connectivity index (χ3n) is 2.92. The molecule has 0 aliphatic rings. The Morgan fingerprint density at radius 3 is 2.84 bits per heavy atom. The number of aromatic nitrogens is 1. The summed E-state index contributed by atoms with van der Waals surface area (Å²) < 4.78 is 14.2. The van der Waals surface area contributed by atoms with Crippen LogP contribution >= 0.6 is 27.5 Å². The van der Waals surface area contributed by atoms with Crippen molar-refractivity contribution in [3.05, 3.63) is 63.1 Å². The molecule has 2 rings (SSSR count). The zero-order valence-electron chi connectivity index (χ0n) is 10.3. The first-order valence-electron chi connectivity index (χ1n) is 5.82. The predicted molar refractivity (Wildman–Crippen MR) is 78.9 cm³/mol. The van der Waals surface area contributed by atoms with Gasteiger partial charge >= 0.3 is 0 Å². The summed E-state index contributed by atoms with van der Waals surface area (Å²) >= 11 is 9.41. The predicted octanol–water partition coefficient (Wildman–Crippen LogP) is 4.14. The van der Waals surface area contributed by atoms with Gasteiger partial charge in [0.15, 0.2) is 0 Å². The van der Waals surface area contributed by atoms with Crippen molar-refractivity contribution in [3.63, 3.8) is 0 Å². The molecule has 1 aromatic heterocycles. The van der Waals surface area contributed by atoms with Crippen molar-refractivity contribution in [3.8, 4) is 0 Å². The van der Waals surface area contributed by atoms with Gasteiger partial charge in [0, 0.05) is 22.9 Å². The highest BCUT2D eigenvalue weighted by Gasteiger charge is 2.13. The van der Waals surface area contributed by atoms with E-state index in [1.807, 2.05) is 19.2 Å². The van der Waals surface area contributed by atoms with E-state index in [2.05, 4.69) is 26.2 Å². The smallest absolute Gasteiger partial charge is 0.124 e. The number of halogens is 3. The SMILES string of the molecule is CNC(Cc1ccncc1Cl)c1cc(F)cc(Br)c1. The molecule has 19 heavy (non-hydrogen) atoms. The Morgan fingerprint density at radius 1 is 1.42 bits per heavy atom. The Bertz CT molecular complexity index is 557. The first kappa shape index (κ1) is 14.4. The van der Waals surface area contributed by atoms with Crippen molar-refractivity contribution >= 4 is 27.5 Å². The highest BCUT2D eigenvalue weighted by Crippen LogP contribution is 2.25. The Labute approximate surface area is 125 Å². The minimum Gasteiger partial charge on any atom is -0.313 e. The molecule has 0 fully saturated rings. The third kappa shape index (κ3) is 3.75. The van der Waals surface area contributed by atoms with Gasteiger partial charge in [0.25, 0.3) is 0 Å². The van der Waals surface area contributed by atoms with E-state index in [4.69, 9.17) is 11.6 Å². The van der Waals surface area contributed by atoms with Gasteiger partial charge in [-0.1, -0.05) is 27.5 Å². The Kier molecular flexibility index (Phi) is 4.91. The van der Waals surface area contributed by atoms with Crippen LogP contribution in [0.15, 0.2) is 41.1 Å². The van der Waals surface area contributed by atoms with Crippen LogP contribution in [-0.2, 0) is 6.42 Å². The molecule has 0 saturated heterocycles. The van der Waals surface area contributed by atoms with Crippen LogP contribution in [0, 0.1) is 5.82 Å². The van der Waals surface area contributed by atoms with Crippen molar-refractivity contribution in [1.29, 1.82) is 0 Å². The van der Waals surface area contributed by atoms with E-state index in [0.29, 0.717) is 11.4 Å². The van der Waals surface area contributed by atoms with Crippen LogP contribution in [0.5, 0.6) is 0 Å². The normalized spacial score (nSPS) is 12.4. The second-order valence-electron chi connectivity index (χ2n) is 4.22. The maximum absolute atomic E-state index is 13.4. The van der Waals surface area contributed by atoms with Crippen LogP contribution in [0.1, 0.15) is 17.2 Å². The summed E-state index contributed by atoms with van der Waals surface area (Å²) in [5.41, 5.74) is 1.86. The molecular formula is C14H13BrClFN2. The van der Waals surface area contributed by atoms with Crippen LogP contribution in [0.4, 0.5) is 4.39 Å². The maximum Gasteiger partial charge on any atom is 0.124 e. The van der Waals surface area contributed by atoms with Gasteiger partial charge in [-0.05, 0) is 48.9 Å². The summed E-state index contributed by atoms with van der Waals surface area (Å²) in [5.74, 6) is -0.259. The molecule has 5 heteroatoms. The van der Waals surface area contributed by atoms with Gasteiger partial charge in [-0.15, -0.1) is 0 Å². The van der Waals surface area contributed by atoms with Gasteiger partial charge in [-0.3, -0.25) is 4.98 Å². The Morgan fingerprint density at radius 2 is 2.21 bits per heavy atom. The van der Waals surface area contributed by atoms with Crippen molar-refractivity contribution in [2.24, 2.45) is 0 Å². The van der Waals surface area contributed by atoms with Crippen molar-refractivity contribution < 1.29 is 4.39 Å². The highest BCUT2D eigenvalue weighted by atomic mass is 79.9. The summed E-state index contributed by atoms with van der Waals surface area (Å²) in [6.45, 7) is 0. The molecule has 0 saturated carbocycles. The van der Waals surface area contributed by atoms with Crippen LogP contribution < -0.4 is 5.32 Å². The summed E-state index contributed by atoms with van der Waals surface area (Å²) in [6.07, 6.45) is 3.99. The molecule has 1 aromatic carbocycles. The van der Waals surface area contributed by atoms with Gasteiger partial charge in [0.05, 0.1) is 5.02 Å². The summed E-state index contributed by atoms with van der Waals surface area (Å²) in [7, 11) is 1.85. The first-order valence-corrected chi connectivity index (χ1v) is 6.99. The zero-order valence-corrected chi connectivity index (χ0v) is 12.7. The van der Waals surface area contributed by atoms with E-state index in [1.54, 1.807) is 12.4 Å². The van der Waals surface area contributed by atoms with Crippen molar-refractivity contribution in [1.82, 2.24) is 10.3 Å². The average Bonchev–Trinajstić information content (AvgIpc) is 2.36. The lowest BCUT2D eigenvalue weighted by Gasteiger charge is -2.18. The molecule has 0 amide bonds. The van der Waals surface area contributed by atoms with E-state index in [1.165, 1.54) is 12.1 Å². The van der Waals surface area contributed by atoms with Gasteiger partial charge in [-0.25, -0.2) is 4.39 Å². The van der Waals surface area contributed by atoms with E-state index >= 15 is 0 Å². The number of pyridine rings is 1. The lowest BCUT2D eigenvalue weighted by atomic mass is 9.99. The third-order valence-corrected chi connectivity index (χ3v) is 3.71. The summed E-state index contributed by atoms with van der Waals surface area (Å²) in [4.78, 5) is 3.96. The van der Waals surface area contributed by atoms with Crippen molar-refractivity contribution in [2.75, 3.05) is 7.05 Å². The molecule has 0 spiro atoms. The topological polar surface area (TPSA) is 24.9 Å². The molecule has 0 radical (unpaired) electrons. The van der Waals surface area contributed by atoms with Crippen molar-refractivity contribution in [2.45, 2.75) is 12.5 Å². The second-order valence-corrected chi connectivity index (χ2v) is 5.54. The van der Waals surface area contributed by atoms with Crippen LogP contribution in [0.3, 0.4) is 0 Å². The average molecular weight is 344 g/mol. The standard InChI is InChI=1S/C14H13BrClFN2/c1-18-14(6-9-2-3-19-8-13(9)16)10-4-11(15)7-12(17)5-10/h2-5,7-8,14,18H,6H2,1H3. The van der Waals surface area contributed by atoms with Crippen LogP contribution in [-0.4, -0.2) is 12.0 Å². The quantitative estimate of drug-likeness (QED) is 0.902.